The fourth-order valence-electron chi connectivity index (χ4n) is 3.54. The Morgan fingerprint density at radius 3 is 2.19 bits per heavy atom. The largest absolute Gasteiger partial charge is 0.379 e. The maximum Gasteiger partial charge on any atom is 0.251 e. The first-order valence-corrected chi connectivity index (χ1v) is 12.3. The first-order valence-electron chi connectivity index (χ1n) is 10.7. The summed E-state index contributed by atoms with van der Waals surface area (Å²) in [6, 6.07) is 14.9. The van der Waals surface area contributed by atoms with Crippen molar-refractivity contribution in [1.29, 1.82) is 0 Å². The molecule has 2 aromatic rings. The summed E-state index contributed by atoms with van der Waals surface area (Å²) in [6.07, 6.45) is 0. The van der Waals surface area contributed by atoms with Crippen LogP contribution in [0.4, 0.5) is 5.69 Å². The Bertz CT molecular complexity index is 953. The van der Waals surface area contributed by atoms with Crippen molar-refractivity contribution in [2.45, 2.75) is 26.9 Å². The molecule has 0 radical (unpaired) electrons. The van der Waals surface area contributed by atoms with E-state index < -0.39 is 10.0 Å². The van der Waals surface area contributed by atoms with Crippen LogP contribution in [-0.2, 0) is 27.8 Å². The number of ether oxygens (including phenoxy) is 1. The van der Waals surface area contributed by atoms with Crippen LogP contribution in [0.15, 0.2) is 48.5 Å². The molecule has 0 spiro atoms. The number of hydrogen-bond acceptors (Lipinski definition) is 5. The van der Waals surface area contributed by atoms with Gasteiger partial charge in [0, 0.05) is 38.3 Å². The highest BCUT2D eigenvalue weighted by Gasteiger charge is 2.19. The monoisotopic (exact) mass is 445 g/mol. The van der Waals surface area contributed by atoms with E-state index in [0.717, 1.165) is 38.4 Å². The van der Waals surface area contributed by atoms with Crippen molar-refractivity contribution >= 4 is 21.6 Å². The molecule has 1 aliphatic heterocycles. The van der Waals surface area contributed by atoms with Crippen LogP contribution in [0.1, 0.15) is 35.3 Å². The van der Waals surface area contributed by atoms with E-state index in [-0.39, 0.29) is 11.7 Å². The molecule has 7 nitrogen and oxygen atoms in total. The molecule has 8 heteroatoms. The summed E-state index contributed by atoms with van der Waals surface area (Å²) in [4.78, 5) is 14.9. The van der Waals surface area contributed by atoms with Crippen LogP contribution in [0.2, 0.25) is 0 Å². The molecule has 0 saturated carbocycles. The molecule has 0 bridgehead atoms. The lowest BCUT2D eigenvalue weighted by Gasteiger charge is -2.26. The van der Waals surface area contributed by atoms with E-state index in [1.807, 2.05) is 12.1 Å². The minimum absolute atomic E-state index is 0.0360. The molecule has 1 heterocycles. The Morgan fingerprint density at radius 1 is 1.00 bits per heavy atom. The van der Waals surface area contributed by atoms with E-state index in [9.17, 15) is 13.2 Å². The first kappa shape index (κ1) is 23.2. The number of hydrogen-bond donors (Lipinski definition) is 1. The van der Waals surface area contributed by atoms with Crippen molar-refractivity contribution in [3.63, 3.8) is 0 Å². The average molecular weight is 446 g/mol. The number of nitrogens with one attached hydrogen (secondary N) is 1. The number of benzene rings is 2. The van der Waals surface area contributed by atoms with E-state index >= 15 is 0 Å². The van der Waals surface area contributed by atoms with Crippen LogP contribution in [0.3, 0.4) is 0 Å². The maximum atomic E-state index is 12.5. The third-order valence-electron chi connectivity index (χ3n) is 5.39. The molecule has 31 heavy (non-hydrogen) atoms. The zero-order chi connectivity index (χ0) is 22.3. The minimum Gasteiger partial charge on any atom is -0.379 e. The number of carbonyl (C=O) groups excluding carboxylic acids is 1. The first-order chi connectivity index (χ1) is 14.9. The van der Waals surface area contributed by atoms with Crippen molar-refractivity contribution in [3.05, 3.63) is 65.2 Å². The Hall–Kier alpha value is -2.42. The van der Waals surface area contributed by atoms with Crippen molar-refractivity contribution in [1.82, 2.24) is 10.2 Å². The van der Waals surface area contributed by atoms with Gasteiger partial charge in [-0.3, -0.25) is 14.0 Å². The van der Waals surface area contributed by atoms with E-state index in [2.05, 4.69) is 22.3 Å². The van der Waals surface area contributed by atoms with E-state index in [1.54, 1.807) is 38.1 Å². The van der Waals surface area contributed by atoms with Gasteiger partial charge >= 0.3 is 0 Å². The smallest absolute Gasteiger partial charge is 0.251 e. The fourth-order valence-corrected chi connectivity index (χ4v) is 4.69. The topological polar surface area (TPSA) is 79.0 Å². The molecule has 2 aromatic carbocycles. The summed E-state index contributed by atoms with van der Waals surface area (Å²) in [5, 5.41) is 2.92. The highest BCUT2D eigenvalue weighted by molar-refractivity contribution is 7.92. The number of rotatable bonds is 9. The van der Waals surface area contributed by atoms with Crippen molar-refractivity contribution in [3.8, 4) is 0 Å². The van der Waals surface area contributed by atoms with Gasteiger partial charge in [0.05, 0.1) is 24.7 Å². The number of carbonyl (C=O) groups is 1. The fraction of sp³-hybridized carbons (Fsp3) is 0.435. The molecule has 168 valence electrons. The number of anilines is 1. The van der Waals surface area contributed by atoms with Crippen LogP contribution >= 0.6 is 0 Å². The predicted octanol–water partition coefficient (Wildman–Crippen LogP) is 2.62. The van der Waals surface area contributed by atoms with Crippen LogP contribution in [0.25, 0.3) is 0 Å². The molecule has 3 rings (SSSR count). The third kappa shape index (κ3) is 6.29. The normalized spacial score (nSPS) is 14.9. The van der Waals surface area contributed by atoms with Crippen LogP contribution < -0.4 is 9.62 Å². The van der Waals surface area contributed by atoms with Gasteiger partial charge in [-0.1, -0.05) is 24.3 Å². The van der Waals surface area contributed by atoms with Gasteiger partial charge < -0.3 is 10.1 Å². The molecule has 1 fully saturated rings. The summed E-state index contributed by atoms with van der Waals surface area (Å²) in [5.74, 6) is -0.153. The molecule has 1 saturated heterocycles. The lowest BCUT2D eigenvalue weighted by Crippen LogP contribution is -2.35. The summed E-state index contributed by atoms with van der Waals surface area (Å²) >= 11 is 0. The van der Waals surface area contributed by atoms with Gasteiger partial charge in [0.1, 0.15) is 0 Å². The summed E-state index contributed by atoms with van der Waals surface area (Å²) < 4.78 is 31.1. The Morgan fingerprint density at radius 2 is 1.61 bits per heavy atom. The Balaban J connectivity index is 1.54. The van der Waals surface area contributed by atoms with Crippen molar-refractivity contribution in [2.24, 2.45) is 0 Å². The molecular weight excluding hydrogens is 414 g/mol. The van der Waals surface area contributed by atoms with Crippen LogP contribution in [0, 0.1) is 0 Å². The number of morpholine rings is 1. The lowest BCUT2D eigenvalue weighted by molar-refractivity contribution is 0.0342. The summed E-state index contributed by atoms with van der Waals surface area (Å²) in [7, 11) is -3.33. The number of sulfonamides is 1. The highest BCUT2D eigenvalue weighted by Crippen LogP contribution is 2.19. The average Bonchev–Trinajstić information content (AvgIpc) is 2.80. The zero-order valence-electron chi connectivity index (χ0n) is 18.2. The lowest BCUT2D eigenvalue weighted by atomic mass is 10.1. The molecule has 1 amide bonds. The van der Waals surface area contributed by atoms with Gasteiger partial charge in [0.15, 0.2) is 0 Å². The molecule has 0 unspecified atom stereocenters. The number of nitrogens with zero attached hydrogens (tertiary/aromatic N) is 2. The van der Waals surface area contributed by atoms with Gasteiger partial charge in [0.25, 0.3) is 5.91 Å². The van der Waals surface area contributed by atoms with Gasteiger partial charge in [-0.25, -0.2) is 8.42 Å². The molecular formula is C23H31N3O4S. The van der Waals surface area contributed by atoms with Crippen molar-refractivity contribution < 1.29 is 17.9 Å². The quantitative estimate of drug-likeness (QED) is 0.642. The van der Waals surface area contributed by atoms with Gasteiger partial charge in [-0.15, -0.1) is 0 Å². The Labute approximate surface area is 185 Å². The molecule has 0 atom stereocenters. The van der Waals surface area contributed by atoms with Gasteiger partial charge in [-0.2, -0.15) is 0 Å². The second-order valence-corrected chi connectivity index (χ2v) is 9.68. The summed E-state index contributed by atoms with van der Waals surface area (Å²) in [6.45, 7) is 8.59. The Kier molecular flexibility index (Phi) is 8.06. The molecule has 0 aromatic heterocycles. The second-order valence-electron chi connectivity index (χ2n) is 7.50. The maximum absolute atomic E-state index is 12.5. The highest BCUT2D eigenvalue weighted by atomic mass is 32.2. The van der Waals surface area contributed by atoms with Gasteiger partial charge in [0.2, 0.25) is 10.0 Å². The SMILES string of the molecule is CCN(c1ccc(C(=O)NCc2ccc(CN3CCOCC3)cc2)cc1)S(=O)(=O)CC. The minimum atomic E-state index is -3.33. The van der Waals surface area contributed by atoms with Gasteiger partial charge in [-0.05, 0) is 49.2 Å². The van der Waals surface area contributed by atoms with E-state index in [1.165, 1.54) is 9.87 Å². The summed E-state index contributed by atoms with van der Waals surface area (Å²) in [5.41, 5.74) is 3.34. The zero-order valence-corrected chi connectivity index (χ0v) is 19.0. The van der Waals surface area contributed by atoms with E-state index in [4.69, 9.17) is 4.74 Å². The number of amides is 1. The van der Waals surface area contributed by atoms with E-state index in [0.29, 0.717) is 24.3 Å². The molecule has 1 N–H and O–H groups in total. The molecule has 1 aliphatic rings. The van der Waals surface area contributed by atoms with Crippen molar-refractivity contribution in [2.75, 3.05) is 42.9 Å². The van der Waals surface area contributed by atoms with Crippen LogP contribution in [0.5, 0.6) is 0 Å². The third-order valence-corrected chi connectivity index (χ3v) is 7.26. The molecule has 0 aliphatic carbocycles. The standard InChI is InChI=1S/C23H31N3O4S/c1-3-26(31(28,29)4-2)22-11-9-21(10-12-22)23(27)24-17-19-5-7-20(8-6-19)18-25-13-15-30-16-14-25/h5-12H,3-4,13-18H2,1-2H3,(H,24,27). The predicted molar refractivity (Wildman–Crippen MR) is 123 cm³/mol. The second kappa shape index (κ2) is 10.7. The van der Waals surface area contributed by atoms with Crippen LogP contribution in [-0.4, -0.2) is 57.8 Å².